The minimum atomic E-state index is -1.98. The van der Waals surface area contributed by atoms with E-state index in [9.17, 15) is 9.59 Å². The van der Waals surface area contributed by atoms with Crippen molar-refractivity contribution in [1.82, 2.24) is 0 Å². The highest BCUT2D eigenvalue weighted by Gasteiger charge is 2.45. The van der Waals surface area contributed by atoms with Crippen LogP contribution >= 0.6 is 0 Å². The third-order valence-electron chi connectivity index (χ3n) is 9.58. The molecule has 1 aliphatic carbocycles. The fourth-order valence-electron chi connectivity index (χ4n) is 5.46. The summed E-state index contributed by atoms with van der Waals surface area (Å²) in [7, 11) is -2.42. The lowest BCUT2D eigenvalue weighted by Crippen LogP contribution is -2.43. The molecule has 1 aliphatic rings. The van der Waals surface area contributed by atoms with E-state index in [1.165, 1.54) is 20.0 Å². The number of ether oxygens (including phenoxy) is 1. The summed E-state index contributed by atoms with van der Waals surface area (Å²) >= 11 is 0. The van der Waals surface area contributed by atoms with E-state index in [4.69, 9.17) is 13.6 Å². The van der Waals surface area contributed by atoms with Gasteiger partial charge in [-0.25, -0.2) is 0 Å². The van der Waals surface area contributed by atoms with Gasteiger partial charge in [0.2, 0.25) is 0 Å². The van der Waals surface area contributed by atoms with Crippen molar-refractivity contribution in [3.05, 3.63) is 0 Å². The molecule has 0 radical (unpaired) electrons. The number of rotatable bonds is 18. The average molecular weight is 595 g/mol. The standard InChI is InChI=1S/C33H62O5Si2/c1-11-15-18-21-27(37-39(9,10)33(5,6)7)24-25-29-28(22-19-16-17-20-23-32(35)36-8)30(34)26-31(29)38-40(12-2,13-3)14-4/h27-29,31H,11-23,26H2,1-10H3/t27-,28+,29+,31+/m0/s1. The van der Waals surface area contributed by atoms with Crippen molar-refractivity contribution in [1.29, 1.82) is 0 Å². The maximum atomic E-state index is 13.4. The summed E-state index contributed by atoms with van der Waals surface area (Å²) in [5.41, 5.74) is 0. The molecule has 5 nitrogen and oxygen atoms in total. The van der Waals surface area contributed by atoms with Crippen molar-refractivity contribution >= 4 is 28.4 Å². The normalized spacial score (nSPS) is 20.8. The van der Waals surface area contributed by atoms with Gasteiger partial charge in [-0.15, -0.1) is 0 Å². The van der Waals surface area contributed by atoms with Gasteiger partial charge >= 0.3 is 5.97 Å². The van der Waals surface area contributed by atoms with E-state index in [1.807, 2.05) is 0 Å². The fraction of sp³-hybridized carbons (Fsp3) is 0.879. The Morgan fingerprint density at radius 1 is 0.975 bits per heavy atom. The van der Waals surface area contributed by atoms with Crippen LogP contribution in [0.4, 0.5) is 0 Å². The monoisotopic (exact) mass is 594 g/mol. The van der Waals surface area contributed by atoms with Crippen LogP contribution in [0.1, 0.15) is 119 Å². The predicted molar refractivity (Wildman–Crippen MR) is 172 cm³/mol. The van der Waals surface area contributed by atoms with Crippen molar-refractivity contribution in [2.45, 2.75) is 168 Å². The Morgan fingerprint density at radius 3 is 2.15 bits per heavy atom. The molecule has 0 aliphatic heterocycles. The number of carbonyl (C=O) groups is 2. The van der Waals surface area contributed by atoms with E-state index in [0.717, 1.165) is 63.1 Å². The number of ketones is 1. The minimum absolute atomic E-state index is 0.0595. The Bertz CT molecular complexity index is 811. The number of carbonyl (C=O) groups excluding carboxylic acids is 2. The molecule has 1 saturated carbocycles. The number of hydrogen-bond donors (Lipinski definition) is 0. The second kappa shape index (κ2) is 17.9. The number of unbranched alkanes of at least 4 members (excludes halogenated alkanes) is 5. The minimum Gasteiger partial charge on any atom is -0.469 e. The smallest absolute Gasteiger partial charge is 0.305 e. The van der Waals surface area contributed by atoms with Gasteiger partial charge < -0.3 is 13.6 Å². The molecule has 7 heteroatoms. The molecule has 0 saturated heterocycles. The molecule has 0 aromatic carbocycles. The van der Waals surface area contributed by atoms with Crippen molar-refractivity contribution < 1.29 is 23.2 Å². The average Bonchev–Trinajstić information content (AvgIpc) is 3.19. The van der Waals surface area contributed by atoms with Gasteiger partial charge in [0.1, 0.15) is 11.9 Å². The Hall–Kier alpha value is -0.946. The van der Waals surface area contributed by atoms with Crippen LogP contribution < -0.4 is 0 Å². The quantitative estimate of drug-likeness (QED) is 0.0685. The van der Waals surface area contributed by atoms with Crippen molar-refractivity contribution in [2.75, 3.05) is 7.11 Å². The molecule has 0 unspecified atom stereocenters. The highest BCUT2D eigenvalue weighted by Crippen LogP contribution is 2.40. The third kappa shape index (κ3) is 11.7. The molecule has 4 atom stereocenters. The first kappa shape index (κ1) is 37.1. The zero-order valence-corrected chi connectivity index (χ0v) is 29.8. The van der Waals surface area contributed by atoms with Gasteiger partial charge in [-0.2, -0.15) is 0 Å². The lowest BCUT2D eigenvalue weighted by molar-refractivity contribution is -0.140. The van der Waals surface area contributed by atoms with E-state index >= 15 is 0 Å². The SMILES string of the molecule is CCCCC[C@@H](C#C[C@H]1[C@H](O[Si](CC)(CC)CC)CC(=O)[C@@H]1CCCCCCC(=O)OC)O[Si](C)(C)C(C)(C)C. The number of hydrogen-bond acceptors (Lipinski definition) is 5. The van der Waals surface area contributed by atoms with Gasteiger partial charge in [-0.1, -0.05) is 92.4 Å². The fourth-order valence-corrected chi connectivity index (χ4v) is 9.57. The second-order valence-corrected chi connectivity index (χ2v) is 22.9. The van der Waals surface area contributed by atoms with Crippen molar-refractivity contribution in [3.63, 3.8) is 0 Å². The molecule has 0 N–H and O–H groups in total. The lowest BCUT2D eigenvalue weighted by atomic mass is 9.89. The summed E-state index contributed by atoms with van der Waals surface area (Å²) < 4.78 is 18.6. The molecule has 0 amide bonds. The van der Waals surface area contributed by atoms with Crippen LogP contribution in [-0.2, 0) is 23.2 Å². The number of esters is 1. The van der Waals surface area contributed by atoms with Crippen LogP contribution in [0, 0.1) is 23.7 Å². The van der Waals surface area contributed by atoms with Crippen LogP contribution in [-0.4, -0.2) is 47.7 Å². The Kier molecular flexibility index (Phi) is 16.6. The first-order valence-electron chi connectivity index (χ1n) is 16.3. The van der Waals surface area contributed by atoms with E-state index < -0.39 is 16.6 Å². The topological polar surface area (TPSA) is 61.8 Å². The second-order valence-electron chi connectivity index (χ2n) is 13.4. The zero-order valence-electron chi connectivity index (χ0n) is 27.8. The summed E-state index contributed by atoms with van der Waals surface area (Å²) in [5.74, 6) is 7.28. The highest BCUT2D eigenvalue weighted by molar-refractivity contribution is 6.74. The van der Waals surface area contributed by atoms with Gasteiger partial charge in [0.25, 0.3) is 0 Å². The maximum absolute atomic E-state index is 13.4. The summed E-state index contributed by atoms with van der Waals surface area (Å²) in [6, 6.07) is 3.22. The molecular formula is C33H62O5Si2. The van der Waals surface area contributed by atoms with Crippen LogP contribution in [0.2, 0.25) is 36.3 Å². The molecule has 0 spiro atoms. The van der Waals surface area contributed by atoms with E-state index in [2.05, 4.69) is 73.4 Å². The third-order valence-corrected chi connectivity index (χ3v) is 18.7. The van der Waals surface area contributed by atoms with Gasteiger partial charge in [-0.3, -0.25) is 9.59 Å². The first-order valence-corrected chi connectivity index (χ1v) is 21.7. The summed E-state index contributed by atoms with van der Waals surface area (Å²) in [6.45, 7) is 20.4. The number of methoxy groups -OCH3 is 1. The predicted octanol–water partition coefficient (Wildman–Crippen LogP) is 9.07. The highest BCUT2D eigenvalue weighted by atomic mass is 28.4. The van der Waals surface area contributed by atoms with Crippen LogP contribution in [0.15, 0.2) is 0 Å². The lowest BCUT2D eigenvalue weighted by Gasteiger charge is -2.38. The molecule has 1 rings (SSSR count). The summed E-state index contributed by atoms with van der Waals surface area (Å²) in [6.07, 6.45) is 9.83. The molecule has 1 fully saturated rings. The number of Topliss-reactive ketones (excluding diaryl/α,β-unsaturated/α-hetero) is 1. The summed E-state index contributed by atoms with van der Waals surface area (Å²) in [4.78, 5) is 24.8. The van der Waals surface area contributed by atoms with Crippen molar-refractivity contribution in [3.8, 4) is 11.8 Å². The molecule has 0 aromatic heterocycles. The van der Waals surface area contributed by atoms with Crippen LogP contribution in [0.5, 0.6) is 0 Å². The van der Waals surface area contributed by atoms with Crippen LogP contribution in [0.3, 0.4) is 0 Å². The molecule has 0 aromatic rings. The Balaban J connectivity index is 3.18. The molecular weight excluding hydrogens is 533 g/mol. The van der Waals surface area contributed by atoms with Crippen LogP contribution in [0.25, 0.3) is 0 Å². The maximum Gasteiger partial charge on any atom is 0.305 e. The molecule has 40 heavy (non-hydrogen) atoms. The van der Waals surface area contributed by atoms with Gasteiger partial charge in [0.15, 0.2) is 16.6 Å². The van der Waals surface area contributed by atoms with E-state index in [1.54, 1.807) is 0 Å². The van der Waals surface area contributed by atoms with Gasteiger partial charge in [0, 0.05) is 18.8 Å². The zero-order chi connectivity index (χ0) is 30.4. The Labute approximate surface area is 249 Å². The summed E-state index contributed by atoms with van der Waals surface area (Å²) in [5, 5.41) is 0.123. The van der Waals surface area contributed by atoms with Crippen molar-refractivity contribution in [2.24, 2.45) is 11.8 Å². The van der Waals surface area contributed by atoms with E-state index in [-0.39, 0.29) is 35.1 Å². The first-order chi connectivity index (χ1) is 18.8. The van der Waals surface area contributed by atoms with E-state index in [0.29, 0.717) is 18.6 Å². The molecule has 0 bridgehead atoms. The van der Waals surface area contributed by atoms with Gasteiger partial charge in [0.05, 0.1) is 19.1 Å². The molecule has 232 valence electrons. The molecule has 0 heterocycles. The largest absolute Gasteiger partial charge is 0.469 e. The Morgan fingerprint density at radius 2 is 1.60 bits per heavy atom. The van der Waals surface area contributed by atoms with Gasteiger partial charge in [-0.05, 0) is 61.9 Å².